The van der Waals surface area contributed by atoms with E-state index in [4.69, 9.17) is 10.00 Å². The Morgan fingerprint density at radius 1 is 1.47 bits per heavy atom. The SMILES string of the molecule is Cc1nc2c(c(C(C)C#N)n1)COCC2. The van der Waals surface area contributed by atoms with Gasteiger partial charge >= 0.3 is 0 Å². The van der Waals surface area contributed by atoms with Crippen molar-refractivity contribution in [2.75, 3.05) is 6.61 Å². The van der Waals surface area contributed by atoms with Crippen LogP contribution < -0.4 is 0 Å². The highest BCUT2D eigenvalue weighted by molar-refractivity contribution is 5.31. The third-order valence-electron chi connectivity index (χ3n) is 2.57. The minimum atomic E-state index is -0.192. The maximum atomic E-state index is 8.93. The second-order valence-corrected chi connectivity index (χ2v) is 3.73. The van der Waals surface area contributed by atoms with Gasteiger partial charge in [0.25, 0.3) is 0 Å². The quantitative estimate of drug-likeness (QED) is 0.693. The van der Waals surface area contributed by atoms with E-state index in [1.165, 1.54) is 0 Å². The zero-order chi connectivity index (χ0) is 10.8. The molecule has 2 heterocycles. The third-order valence-corrected chi connectivity index (χ3v) is 2.57. The van der Waals surface area contributed by atoms with Gasteiger partial charge in [0.1, 0.15) is 5.82 Å². The minimum Gasteiger partial charge on any atom is -0.376 e. The van der Waals surface area contributed by atoms with Crippen LogP contribution in [0.3, 0.4) is 0 Å². The topological polar surface area (TPSA) is 58.8 Å². The van der Waals surface area contributed by atoms with Gasteiger partial charge in [0.2, 0.25) is 0 Å². The number of fused-ring (bicyclic) bond motifs is 1. The third kappa shape index (κ3) is 1.83. The molecule has 0 saturated carbocycles. The Labute approximate surface area is 88.9 Å². The van der Waals surface area contributed by atoms with Crippen LogP contribution in [0.15, 0.2) is 0 Å². The fourth-order valence-corrected chi connectivity index (χ4v) is 1.80. The van der Waals surface area contributed by atoms with Crippen LogP contribution in [0.25, 0.3) is 0 Å². The summed E-state index contributed by atoms with van der Waals surface area (Å²) in [5.41, 5.74) is 2.89. The van der Waals surface area contributed by atoms with Gasteiger partial charge in [-0.3, -0.25) is 0 Å². The van der Waals surface area contributed by atoms with E-state index in [1.807, 2.05) is 13.8 Å². The van der Waals surface area contributed by atoms with Crippen molar-refractivity contribution in [1.29, 1.82) is 5.26 Å². The number of aryl methyl sites for hydroxylation is 1. The molecule has 0 bridgehead atoms. The van der Waals surface area contributed by atoms with Crippen LogP contribution in [0.1, 0.15) is 35.6 Å². The highest BCUT2D eigenvalue weighted by Crippen LogP contribution is 2.23. The number of rotatable bonds is 1. The average molecular weight is 203 g/mol. The van der Waals surface area contributed by atoms with Gasteiger partial charge in [0.15, 0.2) is 0 Å². The second kappa shape index (κ2) is 3.95. The van der Waals surface area contributed by atoms with Crippen LogP contribution in [0, 0.1) is 18.3 Å². The number of ether oxygens (including phenoxy) is 1. The van der Waals surface area contributed by atoms with Crippen molar-refractivity contribution in [3.63, 3.8) is 0 Å². The lowest BCUT2D eigenvalue weighted by Gasteiger charge is -2.19. The normalized spacial score (nSPS) is 16.6. The summed E-state index contributed by atoms with van der Waals surface area (Å²) in [4.78, 5) is 8.73. The fraction of sp³-hybridized carbons (Fsp3) is 0.545. The summed E-state index contributed by atoms with van der Waals surface area (Å²) in [5, 5.41) is 8.93. The summed E-state index contributed by atoms with van der Waals surface area (Å²) >= 11 is 0. The molecule has 1 atom stereocenters. The Morgan fingerprint density at radius 2 is 2.27 bits per heavy atom. The summed E-state index contributed by atoms with van der Waals surface area (Å²) in [5.74, 6) is 0.551. The Kier molecular flexibility index (Phi) is 2.65. The maximum Gasteiger partial charge on any atom is 0.125 e. The summed E-state index contributed by atoms with van der Waals surface area (Å²) in [7, 11) is 0. The first-order valence-electron chi connectivity index (χ1n) is 5.06. The maximum absolute atomic E-state index is 8.93. The summed E-state index contributed by atoms with van der Waals surface area (Å²) in [6.07, 6.45) is 0.823. The van der Waals surface area contributed by atoms with Gasteiger partial charge in [-0.2, -0.15) is 5.26 Å². The summed E-state index contributed by atoms with van der Waals surface area (Å²) in [6.45, 7) is 4.97. The summed E-state index contributed by atoms with van der Waals surface area (Å²) < 4.78 is 5.38. The molecular weight excluding hydrogens is 190 g/mol. The van der Waals surface area contributed by atoms with Gasteiger partial charge in [-0.1, -0.05) is 0 Å². The molecular formula is C11H13N3O. The molecule has 1 aromatic rings. The van der Waals surface area contributed by atoms with Crippen LogP contribution in [-0.2, 0) is 17.8 Å². The molecule has 1 aromatic heterocycles. The fourth-order valence-electron chi connectivity index (χ4n) is 1.80. The van der Waals surface area contributed by atoms with E-state index in [2.05, 4.69) is 16.0 Å². The van der Waals surface area contributed by atoms with Crippen molar-refractivity contribution in [2.45, 2.75) is 32.8 Å². The molecule has 0 fully saturated rings. The van der Waals surface area contributed by atoms with Gasteiger partial charge in [-0.25, -0.2) is 9.97 Å². The summed E-state index contributed by atoms with van der Waals surface area (Å²) in [6, 6.07) is 2.21. The highest BCUT2D eigenvalue weighted by Gasteiger charge is 2.20. The van der Waals surface area contributed by atoms with Crippen LogP contribution in [0.2, 0.25) is 0 Å². The molecule has 0 radical (unpaired) electrons. The van der Waals surface area contributed by atoms with Gasteiger partial charge < -0.3 is 4.74 Å². The first-order chi connectivity index (χ1) is 7.22. The first-order valence-corrected chi connectivity index (χ1v) is 5.06. The molecule has 78 valence electrons. The molecule has 15 heavy (non-hydrogen) atoms. The van der Waals surface area contributed by atoms with E-state index in [0.29, 0.717) is 13.2 Å². The van der Waals surface area contributed by atoms with Gasteiger partial charge in [0, 0.05) is 12.0 Å². The van der Waals surface area contributed by atoms with Crippen molar-refractivity contribution < 1.29 is 4.74 Å². The van der Waals surface area contributed by atoms with Crippen molar-refractivity contribution in [3.8, 4) is 6.07 Å². The Morgan fingerprint density at radius 3 is 3.00 bits per heavy atom. The predicted molar refractivity (Wildman–Crippen MR) is 54.2 cm³/mol. The Bertz CT molecular complexity index is 423. The Balaban J connectivity index is 2.53. The van der Waals surface area contributed by atoms with Crippen LogP contribution in [-0.4, -0.2) is 16.6 Å². The van der Waals surface area contributed by atoms with E-state index in [9.17, 15) is 0 Å². The molecule has 0 saturated heterocycles. The number of nitriles is 1. The zero-order valence-electron chi connectivity index (χ0n) is 8.95. The molecule has 2 rings (SSSR count). The van der Waals surface area contributed by atoms with E-state index in [0.717, 1.165) is 29.2 Å². The highest BCUT2D eigenvalue weighted by atomic mass is 16.5. The first kappa shape index (κ1) is 10.1. The molecule has 0 aromatic carbocycles. The minimum absolute atomic E-state index is 0.192. The van der Waals surface area contributed by atoms with Gasteiger partial charge in [-0.05, 0) is 13.8 Å². The van der Waals surface area contributed by atoms with E-state index in [-0.39, 0.29) is 5.92 Å². The second-order valence-electron chi connectivity index (χ2n) is 3.73. The van der Waals surface area contributed by atoms with E-state index in [1.54, 1.807) is 0 Å². The monoisotopic (exact) mass is 203 g/mol. The molecule has 0 amide bonds. The molecule has 4 nitrogen and oxygen atoms in total. The lowest BCUT2D eigenvalue weighted by Crippen LogP contribution is -2.17. The van der Waals surface area contributed by atoms with Crippen molar-refractivity contribution in [1.82, 2.24) is 9.97 Å². The van der Waals surface area contributed by atoms with E-state index < -0.39 is 0 Å². The standard InChI is InChI=1S/C11H13N3O/c1-7(5-12)11-9-6-15-4-3-10(9)13-8(2)14-11/h7H,3-4,6H2,1-2H3. The van der Waals surface area contributed by atoms with Gasteiger partial charge in [0.05, 0.1) is 36.6 Å². The zero-order valence-corrected chi connectivity index (χ0v) is 8.95. The molecule has 4 heteroatoms. The molecule has 1 aliphatic heterocycles. The number of hydrogen-bond acceptors (Lipinski definition) is 4. The van der Waals surface area contributed by atoms with Crippen LogP contribution >= 0.6 is 0 Å². The Hall–Kier alpha value is -1.47. The molecule has 0 spiro atoms. The lowest BCUT2D eigenvalue weighted by molar-refractivity contribution is 0.108. The number of nitrogens with zero attached hydrogens (tertiary/aromatic N) is 3. The van der Waals surface area contributed by atoms with E-state index >= 15 is 0 Å². The largest absolute Gasteiger partial charge is 0.376 e. The van der Waals surface area contributed by atoms with Crippen LogP contribution in [0.5, 0.6) is 0 Å². The van der Waals surface area contributed by atoms with Gasteiger partial charge in [-0.15, -0.1) is 0 Å². The average Bonchev–Trinajstić information content (AvgIpc) is 2.26. The molecule has 0 N–H and O–H groups in total. The lowest BCUT2D eigenvalue weighted by atomic mass is 10.00. The number of aromatic nitrogens is 2. The molecule has 1 unspecified atom stereocenters. The van der Waals surface area contributed by atoms with Crippen molar-refractivity contribution in [3.05, 3.63) is 22.8 Å². The molecule has 1 aliphatic rings. The van der Waals surface area contributed by atoms with Crippen LogP contribution in [0.4, 0.5) is 0 Å². The number of hydrogen-bond donors (Lipinski definition) is 0. The predicted octanol–water partition coefficient (Wildman–Crippen LogP) is 1.48. The van der Waals surface area contributed by atoms with Crippen molar-refractivity contribution in [2.24, 2.45) is 0 Å². The molecule has 0 aliphatic carbocycles. The van der Waals surface area contributed by atoms with Crippen molar-refractivity contribution >= 4 is 0 Å². The smallest absolute Gasteiger partial charge is 0.125 e.